The van der Waals surface area contributed by atoms with E-state index in [9.17, 15) is 4.79 Å². The number of hydrogen-bond donors (Lipinski definition) is 0. The predicted octanol–water partition coefficient (Wildman–Crippen LogP) is 3.77. The van der Waals surface area contributed by atoms with Gasteiger partial charge in [-0.05, 0) is 30.2 Å². The SMILES string of the molecule is Cc1cccc(OCCSCC(=O)N(C)Cc2ccccc2)c1. The van der Waals surface area contributed by atoms with Crippen LogP contribution in [0.1, 0.15) is 11.1 Å². The molecule has 0 saturated carbocycles. The summed E-state index contributed by atoms with van der Waals surface area (Å²) in [5.41, 5.74) is 2.34. The van der Waals surface area contributed by atoms with Crippen LogP contribution in [0.3, 0.4) is 0 Å². The van der Waals surface area contributed by atoms with Crippen molar-refractivity contribution in [1.82, 2.24) is 4.90 Å². The second-order valence-corrected chi connectivity index (χ2v) is 6.56. The van der Waals surface area contributed by atoms with Crippen LogP contribution in [0.5, 0.6) is 5.75 Å². The summed E-state index contributed by atoms with van der Waals surface area (Å²) in [6.07, 6.45) is 0. The van der Waals surface area contributed by atoms with E-state index in [1.807, 2.05) is 68.6 Å². The highest BCUT2D eigenvalue weighted by molar-refractivity contribution is 7.99. The number of aryl methyl sites for hydroxylation is 1. The topological polar surface area (TPSA) is 29.5 Å². The molecule has 0 aliphatic carbocycles. The molecule has 2 aromatic carbocycles. The highest BCUT2D eigenvalue weighted by Gasteiger charge is 2.09. The Bertz CT molecular complexity index is 616. The molecule has 23 heavy (non-hydrogen) atoms. The fourth-order valence-corrected chi connectivity index (χ4v) is 2.88. The molecule has 0 bridgehead atoms. The van der Waals surface area contributed by atoms with E-state index in [1.165, 1.54) is 5.56 Å². The molecule has 0 atom stereocenters. The molecule has 0 aliphatic heterocycles. The van der Waals surface area contributed by atoms with Gasteiger partial charge in [-0.3, -0.25) is 4.79 Å². The molecule has 0 spiro atoms. The molecule has 2 rings (SSSR count). The lowest BCUT2D eigenvalue weighted by Gasteiger charge is -2.17. The molecular formula is C19H23NO2S. The van der Waals surface area contributed by atoms with Gasteiger partial charge in [0, 0.05) is 19.3 Å². The maximum absolute atomic E-state index is 12.1. The molecule has 0 heterocycles. The van der Waals surface area contributed by atoms with Crippen molar-refractivity contribution in [2.75, 3.05) is 25.2 Å². The first-order valence-corrected chi connectivity index (χ1v) is 8.86. The number of carbonyl (C=O) groups is 1. The van der Waals surface area contributed by atoms with Crippen LogP contribution in [0.2, 0.25) is 0 Å². The molecule has 0 aromatic heterocycles. The maximum Gasteiger partial charge on any atom is 0.232 e. The van der Waals surface area contributed by atoms with Gasteiger partial charge in [-0.2, -0.15) is 0 Å². The third-order valence-electron chi connectivity index (χ3n) is 3.40. The number of hydrogen-bond acceptors (Lipinski definition) is 3. The van der Waals surface area contributed by atoms with Crippen molar-refractivity contribution in [3.63, 3.8) is 0 Å². The van der Waals surface area contributed by atoms with E-state index >= 15 is 0 Å². The van der Waals surface area contributed by atoms with Gasteiger partial charge >= 0.3 is 0 Å². The standard InChI is InChI=1S/C19H23NO2S/c1-16-7-6-10-18(13-16)22-11-12-23-15-19(21)20(2)14-17-8-4-3-5-9-17/h3-10,13H,11-12,14-15H2,1-2H3. The monoisotopic (exact) mass is 329 g/mol. The molecule has 0 radical (unpaired) electrons. The summed E-state index contributed by atoms with van der Waals surface area (Å²) >= 11 is 1.61. The quantitative estimate of drug-likeness (QED) is 0.691. The Balaban J connectivity index is 1.62. The fourth-order valence-electron chi connectivity index (χ4n) is 2.14. The minimum Gasteiger partial charge on any atom is -0.493 e. The van der Waals surface area contributed by atoms with Crippen molar-refractivity contribution in [3.8, 4) is 5.75 Å². The first kappa shape index (κ1) is 17.4. The number of rotatable bonds is 8. The van der Waals surface area contributed by atoms with Crippen LogP contribution in [0, 0.1) is 6.92 Å². The number of amides is 1. The molecule has 0 saturated heterocycles. The Morgan fingerprint density at radius 3 is 2.65 bits per heavy atom. The van der Waals surface area contributed by atoms with Crippen LogP contribution >= 0.6 is 11.8 Å². The average molecular weight is 329 g/mol. The lowest BCUT2D eigenvalue weighted by molar-refractivity contribution is -0.127. The third-order valence-corrected chi connectivity index (χ3v) is 4.31. The summed E-state index contributed by atoms with van der Waals surface area (Å²) in [4.78, 5) is 13.9. The summed E-state index contributed by atoms with van der Waals surface area (Å²) in [6, 6.07) is 18.0. The highest BCUT2D eigenvalue weighted by Crippen LogP contribution is 2.13. The second-order valence-electron chi connectivity index (χ2n) is 5.45. The van der Waals surface area contributed by atoms with Crippen molar-refractivity contribution in [2.45, 2.75) is 13.5 Å². The van der Waals surface area contributed by atoms with Crippen LogP contribution in [-0.2, 0) is 11.3 Å². The lowest BCUT2D eigenvalue weighted by Crippen LogP contribution is -2.28. The summed E-state index contributed by atoms with van der Waals surface area (Å²) in [6.45, 7) is 3.31. The van der Waals surface area contributed by atoms with Gasteiger partial charge in [0.15, 0.2) is 0 Å². The molecule has 1 amide bonds. The smallest absolute Gasteiger partial charge is 0.232 e. The second kappa shape index (κ2) is 9.26. The number of nitrogens with zero attached hydrogens (tertiary/aromatic N) is 1. The van der Waals surface area contributed by atoms with Gasteiger partial charge in [0.1, 0.15) is 5.75 Å². The van der Waals surface area contributed by atoms with Gasteiger partial charge < -0.3 is 9.64 Å². The molecule has 122 valence electrons. The van der Waals surface area contributed by atoms with Gasteiger partial charge in [-0.1, -0.05) is 42.5 Å². The molecule has 0 fully saturated rings. The number of benzene rings is 2. The van der Waals surface area contributed by atoms with Gasteiger partial charge in [0.2, 0.25) is 5.91 Å². The van der Waals surface area contributed by atoms with Crippen LogP contribution in [0.4, 0.5) is 0 Å². The van der Waals surface area contributed by atoms with Crippen LogP contribution in [-0.4, -0.2) is 36.0 Å². The van der Waals surface area contributed by atoms with E-state index in [-0.39, 0.29) is 5.91 Å². The minimum atomic E-state index is 0.148. The zero-order valence-corrected chi connectivity index (χ0v) is 14.5. The molecule has 2 aromatic rings. The third kappa shape index (κ3) is 6.37. The van der Waals surface area contributed by atoms with Crippen LogP contribution in [0.25, 0.3) is 0 Å². The zero-order valence-electron chi connectivity index (χ0n) is 13.7. The minimum absolute atomic E-state index is 0.148. The van der Waals surface area contributed by atoms with Gasteiger partial charge in [-0.25, -0.2) is 0 Å². The summed E-state index contributed by atoms with van der Waals surface area (Å²) in [5, 5.41) is 0. The number of ether oxygens (including phenoxy) is 1. The van der Waals surface area contributed by atoms with E-state index in [0.29, 0.717) is 18.9 Å². The van der Waals surface area contributed by atoms with Crippen LogP contribution < -0.4 is 4.74 Å². The van der Waals surface area contributed by atoms with E-state index in [2.05, 4.69) is 0 Å². The van der Waals surface area contributed by atoms with E-state index in [4.69, 9.17) is 4.74 Å². The molecule has 4 heteroatoms. The Labute approximate surface area is 142 Å². The predicted molar refractivity (Wildman–Crippen MR) is 96.9 cm³/mol. The number of thioether (sulfide) groups is 1. The molecular weight excluding hydrogens is 306 g/mol. The van der Waals surface area contributed by atoms with E-state index in [1.54, 1.807) is 16.7 Å². The van der Waals surface area contributed by atoms with E-state index in [0.717, 1.165) is 17.1 Å². The van der Waals surface area contributed by atoms with Gasteiger partial charge in [-0.15, -0.1) is 11.8 Å². The highest BCUT2D eigenvalue weighted by atomic mass is 32.2. The van der Waals surface area contributed by atoms with Crippen molar-refractivity contribution in [1.29, 1.82) is 0 Å². The Kier molecular flexibility index (Phi) is 7.01. The molecule has 0 N–H and O–H groups in total. The normalized spacial score (nSPS) is 10.3. The first-order chi connectivity index (χ1) is 11.1. The number of carbonyl (C=O) groups excluding carboxylic acids is 1. The van der Waals surface area contributed by atoms with E-state index < -0.39 is 0 Å². The van der Waals surface area contributed by atoms with Crippen molar-refractivity contribution >= 4 is 17.7 Å². The molecule has 3 nitrogen and oxygen atoms in total. The summed E-state index contributed by atoms with van der Waals surface area (Å²) in [7, 11) is 1.85. The van der Waals surface area contributed by atoms with Gasteiger partial charge in [0.05, 0.1) is 12.4 Å². The lowest BCUT2D eigenvalue weighted by atomic mass is 10.2. The summed E-state index contributed by atoms with van der Waals surface area (Å²) < 4.78 is 5.68. The van der Waals surface area contributed by atoms with Crippen molar-refractivity contribution in [3.05, 3.63) is 65.7 Å². The maximum atomic E-state index is 12.1. The first-order valence-electron chi connectivity index (χ1n) is 7.70. The largest absolute Gasteiger partial charge is 0.493 e. The molecule has 0 aliphatic rings. The van der Waals surface area contributed by atoms with Crippen molar-refractivity contribution in [2.24, 2.45) is 0 Å². The Morgan fingerprint density at radius 1 is 1.13 bits per heavy atom. The summed E-state index contributed by atoms with van der Waals surface area (Å²) in [5.74, 6) is 2.33. The Morgan fingerprint density at radius 2 is 1.91 bits per heavy atom. The van der Waals surface area contributed by atoms with Gasteiger partial charge in [0.25, 0.3) is 0 Å². The fraction of sp³-hybridized carbons (Fsp3) is 0.316. The zero-order chi connectivity index (χ0) is 16.5. The van der Waals surface area contributed by atoms with Crippen LogP contribution in [0.15, 0.2) is 54.6 Å². The average Bonchev–Trinajstić information content (AvgIpc) is 2.55. The molecule has 0 unspecified atom stereocenters. The van der Waals surface area contributed by atoms with Crippen molar-refractivity contribution < 1.29 is 9.53 Å². The Hall–Kier alpha value is -1.94.